The molecule has 112 valence electrons. The number of benzene rings is 2. The first-order valence-corrected chi connectivity index (χ1v) is 8.15. The van der Waals surface area contributed by atoms with Gasteiger partial charge >= 0.3 is 0 Å². The molecule has 1 atom stereocenters. The SMILES string of the molecule is CCCNC(c1ccc(C)c(Cl)c1)c1c(F)cccc1Br. The summed E-state index contributed by atoms with van der Waals surface area (Å²) in [4.78, 5) is 0. The fourth-order valence-corrected chi connectivity index (χ4v) is 3.01. The Hall–Kier alpha value is -0.900. The van der Waals surface area contributed by atoms with E-state index in [0.717, 1.165) is 28.6 Å². The number of rotatable bonds is 5. The van der Waals surface area contributed by atoms with Crippen molar-refractivity contribution in [2.45, 2.75) is 26.3 Å². The van der Waals surface area contributed by atoms with Gasteiger partial charge in [-0.25, -0.2) is 4.39 Å². The minimum Gasteiger partial charge on any atom is -0.306 e. The van der Waals surface area contributed by atoms with Crippen LogP contribution in [0.15, 0.2) is 40.9 Å². The van der Waals surface area contributed by atoms with E-state index in [1.54, 1.807) is 6.07 Å². The molecule has 1 nitrogen and oxygen atoms in total. The number of aryl methyl sites for hydroxylation is 1. The fraction of sp³-hybridized carbons (Fsp3) is 0.294. The Labute approximate surface area is 138 Å². The van der Waals surface area contributed by atoms with Gasteiger partial charge in [0, 0.05) is 15.1 Å². The molecule has 0 aliphatic rings. The molecular formula is C17H18BrClFN. The highest BCUT2D eigenvalue weighted by atomic mass is 79.9. The Morgan fingerprint density at radius 1 is 1.29 bits per heavy atom. The summed E-state index contributed by atoms with van der Waals surface area (Å²) >= 11 is 9.68. The van der Waals surface area contributed by atoms with Crippen LogP contribution in [0.1, 0.15) is 36.1 Å². The van der Waals surface area contributed by atoms with Crippen molar-refractivity contribution in [1.29, 1.82) is 0 Å². The quantitative estimate of drug-likeness (QED) is 0.718. The van der Waals surface area contributed by atoms with Crippen LogP contribution in [0.5, 0.6) is 0 Å². The number of hydrogen-bond acceptors (Lipinski definition) is 1. The van der Waals surface area contributed by atoms with Crippen LogP contribution >= 0.6 is 27.5 Å². The molecule has 0 heterocycles. The predicted octanol–water partition coefficient (Wildman–Crippen LogP) is 5.64. The second-order valence-electron chi connectivity index (χ2n) is 5.03. The lowest BCUT2D eigenvalue weighted by atomic mass is 9.97. The highest BCUT2D eigenvalue weighted by molar-refractivity contribution is 9.10. The van der Waals surface area contributed by atoms with Crippen molar-refractivity contribution in [2.75, 3.05) is 6.54 Å². The summed E-state index contributed by atoms with van der Waals surface area (Å²) < 4.78 is 15.0. The van der Waals surface area contributed by atoms with Gasteiger partial charge in [-0.05, 0) is 49.2 Å². The van der Waals surface area contributed by atoms with E-state index in [9.17, 15) is 4.39 Å². The van der Waals surface area contributed by atoms with Gasteiger partial charge in [-0.1, -0.05) is 52.7 Å². The average molecular weight is 371 g/mol. The smallest absolute Gasteiger partial charge is 0.129 e. The summed E-state index contributed by atoms with van der Waals surface area (Å²) in [5.41, 5.74) is 2.60. The van der Waals surface area contributed by atoms with Gasteiger partial charge in [0.05, 0.1) is 6.04 Å². The molecular weight excluding hydrogens is 353 g/mol. The molecule has 0 spiro atoms. The Morgan fingerprint density at radius 2 is 2.05 bits per heavy atom. The zero-order chi connectivity index (χ0) is 15.4. The van der Waals surface area contributed by atoms with E-state index in [4.69, 9.17) is 11.6 Å². The monoisotopic (exact) mass is 369 g/mol. The molecule has 0 fully saturated rings. The topological polar surface area (TPSA) is 12.0 Å². The summed E-state index contributed by atoms with van der Waals surface area (Å²) in [6.07, 6.45) is 0.974. The van der Waals surface area contributed by atoms with Crippen molar-refractivity contribution < 1.29 is 4.39 Å². The van der Waals surface area contributed by atoms with E-state index < -0.39 is 0 Å². The van der Waals surface area contributed by atoms with Gasteiger partial charge in [-0.3, -0.25) is 0 Å². The van der Waals surface area contributed by atoms with Gasteiger partial charge in [-0.15, -0.1) is 0 Å². The second-order valence-corrected chi connectivity index (χ2v) is 6.29. The maximum absolute atomic E-state index is 14.3. The van der Waals surface area contributed by atoms with E-state index in [1.807, 2.05) is 31.2 Å². The molecule has 0 aliphatic carbocycles. The summed E-state index contributed by atoms with van der Waals surface area (Å²) in [5.74, 6) is -0.227. The molecule has 2 aromatic rings. The molecule has 0 saturated heterocycles. The minimum absolute atomic E-state index is 0.223. The van der Waals surface area contributed by atoms with Crippen molar-refractivity contribution in [3.8, 4) is 0 Å². The lowest BCUT2D eigenvalue weighted by molar-refractivity contribution is 0.544. The van der Waals surface area contributed by atoms with E-state index in [-0.39, 0.29) is 11.9 Å². The molecule has 4 heteroatoms. The second kappa shape index (κ2) is 7.39. The normalized spacial score (nSPS) is 12.4. The molecule has 1 unspecified atom stereocenters. The zero-order valence-corrected chi connectivity index (χ0v) is 14.4. The first-order valence-electron chi connectivity index (χ1n) is 6.98. The first kappa shape index (κ1) is 16.5. The standard InChI is InChI=1S/C17H18BrClFN/c1-3-9-21-17(12-8-7-11(2)14(19)10-12)16-13(18)5-4-6-15(16)20/h4-8,10,17,21H,3,9H2,1-2H3. The van der Waals surface area contributed by atoms with Crippen LogP contribution in [0.2, 0.25) is 5.02 Å². The third-order valence-electron chi connectivity index (χ3n) is 3.42. The first-order chi connectivity index (χ1) is 10.0. The molecule has 0 aromatic heterocycles. The highest BCUT2D eigenvalue weighted by Gasteiger charge is 2.20. The lowest BCUT2D eigenvalue weighted by Gasteiger charge is -2.22. The molecule has 0 saturated carbocycles. The van der Waals surface area contributed by atoms with Gasteiger partial charge in [0.25, 0.3) is 0 Å². The highest BCUT2D eigenvalue weighted by Crippen LogP contribution is 2.32. The summed E-state index contributed by atoms with van der Waals surface area (Å²) in [5, 5.41) is 4.10. The Balaban J connectivity index is 2.49. The van der Waals surface area contributed by atoms with Crippen LogP contribution in [0, 0.1) is 12.7 Å². The van der Waals surface area contributed by atoms with Crippen LogP contribution in [0.3, 0.4) is 0 Å². The average Bonchev–Trinajstić information content (AvgIpc) is 2.45. The zero-order valence-electron chi connectivity index (χ0n) is 12.1. The third-order valence-corrected chi connectivity index (χ3v) is 4.51. The van der Waals surface area contributed by atoms with E-state index in [1.165, 1.54) is 6.07 Å². The number of hydrogen-bond donors (Lipinski definition) is 1. The van der Waals surface area contributed by atoms with Crippen molar-refractivity contribution >= 4 is 27.5 Å². The van der Waals surface area contributed by atoms with Crippen molar-refractivity contribution in [3.63, 3.8) is 0 Å². The molecule has 21 heavy (non-hydrogen) atoms. The Bertz CT molecular complexity index is 610. The summed E-state index contributed by atoms with van der Waals surface area (Å²) in [6.45, 7) is 4.85. The maximum atomic E-state index is 14.3. The maximum Gasteiger partial charge on any atom is 0.129 e. The largest absolute Gasteiger partial charge is 0.306 e. The third kappa shape index (κ3) is 3.85. The van der Waals surface area contributed by atoms with Gasteiger partial charge < -0.3 is 5.32 Å². The predicted molar refractivity (Wildman–Crippen MR) is 90.4 cm³/mol. The van der Waals surface area contributed by atoms with Crippen molar-refractivity contribution in [1.82, 2.24) is 5.32 Å². The molecule has 2 aromatic carbocycles. The van der Waals surface area contributed by atoms with Gasteiger partial charge in [0.1, 0.15) is 5.82 Å². The lowest BCUT2D eigenvalue weighted by Crippen LogP contribution is -2.24. The van der Waals surface area contributed by atoms with Gasteiger partial charge in [0.2, 0.25) is 0 Å². The molecule has 0 bridgehead atoms. The fourth-order valence-electron chi connectivity index (χ4n) is 2.25. The van der Waals surface area contributed by atoms with Gasteiger partial charge in [-0.2, -0.15) is 0 Å². The van der Waals surface area contributed by atoms with E-state index in [2.05, 4.69) is 28.2 Å². The van der Waals surface area contributed by atoms with E-state index in [0.29, 0.717) is 10.6 Å². The van der Waals surface area contributed by atoms with Crippen molar-refractivity contribution in [2.24, 2.45) is 0 Å². The molecule has 0 radical (unpaired) electrons. The van der Waals surface area contributed by atoms with Crippen LogP contribution in [0.25, 0.3) is 0 Å². The molecule has 0 amide bonds. The summed E-state index contributed by atoms with van der Waals surface area (Å²) in [7, 11) is 0. The van der Waals surface area contributed by atoms with Crippen LogP contribution in [-0.4, -0.2) is 6.54 Å². The van der Waals surface area contributed by atoms with E-state index >= 15 is 0 Å². The van der Waals surface area contributed by atoms with Gasteiger partial charge in [0.15, 0.2) is 0 Å². The Morgan fingerprint density at radius 3 is 2.67 bits per heavy atom. The van der Waals surface area contributed by atoms with Crippen molar-refractivity contribution in [3.05, 3.63) is 68.4 Å². The van der Waals surface area contributed by atoms with Crippen LogP contribution in [0.4, 0.5) is 4.39 Å². The summed E-state index contributed by atoms with van der Waals surface area (Å²) in [6, 6.07) is 10.7. The minimum atomic E-state index is -0.227. The Kier molecular flexibility index (Phi) is 5.80. The van der Waals surface area contributed by atoms with Crippen LogP contribution < -0.4 is 5.32 Å². The van der Waals surface area contributed by atoms with Crippen LogP contribution in [-0.2, 0) is 0 Å². The number of halogens is 3. The molecule has 0 aliphatic heterocycles. The molecule has 2 rings (SSSR count). The number of nitrogens with one attached hydrogen (secondary N) is 1. The molecule has 1 N–H and O–H groups in total.